The first-order valence-corrected chi connectivity index (χ1v) is 7.67. The van der Waals surface area contributed by atoms with E-state index in [9.17, 15) is 0 Å². The second-order valence-corrected chi connectivity index (χ2v) is 5.90. The zero-order chi connectivity index (χ0) is 13.5. The number of morpholine rings is 1. The van der Waals surface area contributed by atoms with Gasteiger partial charge in [0.2, 0.25) is 0 Å². The number of rotatable bonds is 1. The Morgan fingerprint density at radius 2 is 2.00 bits per heavy atom. The van der Waals surface area contributed by atoms with Crippen molar-refractivity contribution in [3.63, 3.8) is 0 Å². The first-order valence-electron chi connectivity index (χ1n) is 7.67. The summed E-state index contributed by atoms with van der Waals surface area (Å²) in [6.45, 7) is 5.60. The number of aromatic amines is 1. The smallest absolute Gasteiger partial charge is 0.138 e. The summed E-state index contributed by atoms with van der Waals surface area (Å²) in [5.41, 5.74) is 5.32. The average Bonchev–Trinajstić information content (AvgIpc) is 2.85. The highest BCUT2D eigenvalue weighted by molar-refractivity contribution is 5.95. The van der Waals surface area contributed by atoms with Crippen molar-refractivity contribution in [1.29, 1.82) is 0 Å². The third kappa shape index (κ3) is 1.90. The highest BCUT2D eigenvalue weighted by Gasteiger charge is 2.22. The lowest BCUT2D eigenvalue weighted by molar-refractivity contribution is 0.122. The molecular formula is C16H21N3O. The molecule has 4 heteroatoms. The van der Waals surface area contributed by atoms with Gasteiger partial charge in [-0.05, 0) is 44.2 Å². The van der Waals surface area contributed by atoms with Crippen molar-refractivity contribution >= 4 is 16.7 Å². The second-order valence-electron chi connectivity index (χ2n) is 5.90. The summed E-state index contributed by atoms with van der Waals surface area (Å²) in [5.74, 6) is 1.17. The van der Waals surface area contributed by atoms with E-state index in [-0.39, 0.29) is 0 Å². The number of aromatic nitrogens is 2. The summed E-state index contributed by atoms with van der Waals surface area (Å²) >= 11 is 0. The summed E-state index contributed by atoms with van der Waals surface area (Å²) in [6, 6.07) is 2.19. The standard InChI is InChI=1S/C16H21N3O/c1-11-10-14-15(12-4-2-3-5-13(12)18-14)16(17-11)19-6-8-20-9-7-19/h10,18H,2-9H2,1H3. The van der Waals surface area contributed by atoms with Crippen molar-refractivity contribution in [1.82, 2.24) is 9.97 Å². The number of fused-ring (bicyclic) bond motifs is 3. The Morgan fingerprint density at radius 1 is 1.20 bits per heavy atom. The molecule has 2 aliphatic rings. The van der Waals surface area contributed by atoms with E-state index in [0.29, 0.717) is 0 Å². The minimum absolute atomic E-state index is 0.809. The van der Waals surface area contributed by atoms with Crippen LogP contribution in [0.3, 0.4) is 0 Å². The molecule has 0 unspecified atom stereocenters. The van der Waals surface area contributed by atoms with Gasteiger partial charge in [0.05, 0.1) is 18.7 Å². The summed E-state index contributed by atoms with van der Waals surface area (Å²) in [7, 11) is 0. The van der Waals surface area contributed by atoms with Crippen LogP contribution in [0.4, 0.5) is 5.82 Å². The summed E-state index contributed by atoms with van der Waals surface area (Å²) in [4.78, 5) is 10.9. The number of hydrogen-bond donors (Lipinski definition) is 1. The molecule has 0 bridgehead atoms. The molecule has 0 aromatic carbocycles. The van der Waals surface area contributed by atoms with Gasteiger partial charge in [-0.15, -0.1) is 0 Å². The van der Waals surface area contributed by atoms with Crippen LogP contribution in [-0.2, 0) is 17.6 Å². The number of pyridine rings is 1. The molecule has 20 heavy (non-hydrogen) atoms. The number of ether oxygens (including phenoxy) is 1. The highest BCUT2D eigenvalue weighted by atomic mass is 16.5. The van der Waals surface area contributed by atoms with E-state index in [1.54, 1.807) is 0 Å². The molecule has 4 rings (SSSR count). The van der Waals surface area contributed by atoms with Crippen LogP contribution in [0.1, 0.15) is 29.8 Å². The van der Waals surface area contributed by atoms with Crippen LogP contribution in [-0.4, -0.2) is 36.3 Å². The fourth-order valence-corrected chi connectivity index (χ4v) is 3.54. The topological polar surface area (TPSA) is 41.2 Å². The van der Waals surface area contributed by atoms with Crippen molar-refractivity contribution in [2.45, 2.75) is 32.6 Å². The van der Waals surface area contributed by atoms with Gasteiger partial charge in [0.15, 0.2) is 0 Å². The third-order valence-corrected chi connectivity index (χ3v) is 4.49. The fraction of sp³-hybridized carbons (Fsp3) is 0.562. The Balaban J connectivity index is 1.91. The number of anilines is 1. The van der Waals surface area contributed by atoms with Crippen LogP contribution in [0, 0.1) is 6.92 Å². The van der Waals surface area contributed by atoms with Crippen molar-refractivity contribution in [3.05, 3.63) is 23.0 Å². The SMILES string of the molecule is Cc1cc2[nH]c3c(c2c(N2CCOCC2)n1)CCCC3. The Bertz CT molecular complexity index is 641. The quantitative estimate of drug-likeness (QED) is 0.866. The van der Waals surface area contributed by atoms with Crippen molar-refractivity contribution in [2.75, 3.05) is 31.2 Å². The van der Waals surface area contributed by atoms with Gasteiger partial charge in [-0.3, -0.25) is 0 Å². The van der Waals surface area contributed by atoms with E-state index >= 15 is 0 Å². The second kappa shape index (κ2) is 4.77. The lowest BCUT2D eigenvalue weighted by Gasteiger charge is -2.29. The van der Waals surface area contributed by atoms with Gasteiger partial charge in [-0.2, -0.15) is 0 Å². The fourth-order valence-electron chi connectivity index (χ4n) is 3.54. The molecule has 1 aliphatic heterocycles. The molecule has 1 fully saturated rings. The molecule has 1 N–H and O–H groups in total. The molecule has 0 radical (unpaired) electrons. The predicted octanol–water partition coefficient (Wildman–Crippen LogP) is 2.59. The van der Waals surface area contributed by atoms with Gasteiger partial charge in [-0.25, -0.2) is 4.98 Å². The number of H-pyrrole nitrogens is 1. The molecule has 0 spiro atoms. The number of nitrogens with one attached hydrogen (secondary N) is 1. The predicted molar refractivity (Wildman–Crippen MR) is 80.5 cm³/mol. The van der Waals surface area contributed by atoms with Gasteiger partial charge < -0.3 is 14.6 Å². The zero-order valence-corrected chi connectivity index (χ0v) is 12.0. The first kappa shape index (κ1) is 12.2. The van der Waals surface area contributed by atoms with Gasteiger partial charge >= 0.3 is 0 Å². The van der Waals surface area contributed by atoms with E-state index in [4.69, 9.17) is 9.72 Å². The summed E-state index contributed by atoms with van der Waals surface area (Å²) in [6.07, 6.45) is 4.98. The summed E-state index contributed by atoms with van der Waals surface area (Å²) < 4.78 is 5.48. The van der Waals surface area contributed by atoms with Crippen LogP contribution < -0.4 is 4.90 Å². The maximum atomic E-state index is 5.48. The average molecular weight is 271 g/mol. The van der Waals surface area contributed by atoms with E-state index in [2.05, 4.69) is 22.9 Å². The molecule has 1 aliphatic carbocycles. The van der Waals surface area contributed by atoms with Crippen LogP contribution in [0.25, 0.3) is 10.9 Å². The molecule has 0 amide bonds. The molecule has 3 heterocycles. The third-order valence-electron chi connectivity index (χ3n) is 4.49. The highest BCUT2D eigenvalue weighted by Crippen LogP contribution is 2.35. The Hall–Kier alpha value is -1.55. The lowest BCUT2D eigenvalue weighted by atomic mass is 9.95. The number of hydrogen-bond acceptors (Lipinski definition) is 3. The molecule has 106 valence electrons. The van der Waals surface area contributed by atoms with Crippen LogP contribution in [0.5, 0.6) is 0 Å². The van der Waals surface area contributed by atoms with Gasteiger partial charge in [0, 0.05) is 29.9 Å². The van der Waals surface area contributed by atoms with Crippen LogP contribution >= 0.6 is 0 Å². The number of aryl methyl sites for hydroxylation is 3. The van der Waals surface area contributed by atoms with Gasteiger partial charge in [0.25, 0.3) is 0 Å². The lowest BCUT2D eigenvalue weighted by Crippen LogP contribution is -2.37. The number of nitrogens with zero attached hydrogens (tertiary/aromatic N) is 2. The minimum Gasteiger partial charge on any atom is -0.378 e. The molecule has 0 saturated carbocycles. The van der Waals surface area contributed by atoms with Crippen LogP contribution in [0.2, 0.25) is 0 Å². The molecule has 0 atom stereocenters. The summed E-state index contributed by atoms with van der Waals surface area (Å²) in [5, 5.41) is 1.37. The van der Waals surface area contributed by atoms with Crippen molar-refractivity contribution in [3.8, 4) is 0 Å². The maximum Gasteiger partial charge on any atom is 0.138 e. The van der Waals surface area contributed by atoms with E-state index < -0.39 is 0 Å². The van der Waals surface area contributed by atoms with E-state index in [1.165, 1.54) is 53.7 Å². The molecule has 2 aromatic rings. The van der Waals surface area contributed by atoms with Crippen LogP contribution in [0.15, 0.2) is 6.07 Å². The monoisotopic (exact) mass is 271 g/mol. The normalized spacial score (nSPS) is 19.4. The Kier molecular flexibility index (Phi) is 2.91. The Morgan fingerprint density at radius 3 is 2.85 bits per heavy atom. The van der Waals surface area contributed by atoms with E-state index in [0.717, 1.165) is 32.0 Å². The Labute approximate surface area is 119 Å². The van der Waals surface area contributed by atoms with Gasteiger partial charge in [0.1, 0.15) is 5.82 Å². The molecule has 1 saturated heterocycles. The maximum absolute atomic E-state index is 5.48. The minimum atomic E-state index is 0.809. The van der Waals surface area contributed by atoms with E-state index in [1.807, 2.05) is 0 Å². The first-order chi connectivity index (χ1) is 9.83. The largest absolute Gasteiger partial charge is 0.378 e. The molecular weight excluding hydrogens is 250 g/mol. The van der Waals surface area contributed by atoms with Crippen molar-refractivity contribution < 1.29 is 4.74 Å². The zero-order valence-electron chi connectivity index (χ0n) is 12.0. The molecule has 2 aromatic heterocycles. The van der Waals surface area contributed by atoms with Crippen molar-refractivity contribution in [2.24, 2.45) is 0 Å². The molecule has 4 nitrogen and oxygen atoms in total. The van der Waals surface area contributed by atoms with Gasteiger partial charge in [-0.1, -0.05) is 0 Å².